The first-order valence-electron chi connectivity index (χ1n) is 11.3. The molecule has 0 saturated heterocycles. The lowest BCUT2D eigenvalue weighted by Crippen LogP contribution is -2.38. The van der Waals surface area contributed by atoms with E-state index in [1.54, 1.807) is 0 Å². The molecule has 1 heterocycles. The molecule has 0 aromatic heterocycles. The smallest absolute Gasteiger partial charge is 0.130 e. The van der Waals surface area contributed by atoms with E-state index < -0.39 is 5.60 Å². The van der Waals surface area contributed by atoms with Crippen molar-refractivity contribution >= 4 is 10.8 Å². The molecule has 0 N–H and O–H groups in total. The number of hydrogen-bond acceptors (Lipinski definition) is 1. The van der Waals surface area contributed by atoms with Crippen molar-refractivity contribution in [2.24, 2.45) is 0 Å². The third-order valence-electron chi connectivity index (χ3n) is 7.26. The van der Waals surface area contributed by atoms with E-state index in [1.807, 2.05) is 0 Å². The van der Waals surface area contributed by atoms with Crippen LogP contribution in [0.1, 0.15) is 33.7 Å². The molecule has 0 amide bonds. The summed E-state index contributed by atoms with van der Waals surface area (Å²) < 4.78 is 6.91. The van der Waals surface area contributed by atoms with Crippen LogP contribution in [0.15, 0.2) is 115 Å². The monoisotopic (exact) mass is 410 g/mol. The van der Waals surface area contributed by atoms with E-state index in [2.05, 4.69) is 115 Å². The Morgan fingerprint density at radius 3 is 2.28 bits per heavy atom. The zero-order valence-electron chi connectivity index (χ0n) is 17.7. The van der Waals surface area contributed by atoms with Gasteiger partial charge in [-0.25, -0.2) is 0 Å². The molecule has 0 spiro atoms. The van der Waals surface area contributed by atoms with Gasteiger partial charge in [-0.3, -0.25) is 0 Å². The van der Waals surface area contributed by atoms with E-state index >= 15 is 0 Å². The molecule has 5 aromatic carbocycles. The SMILES string of the molecule is c1ccc([C@]23OCc4cccc(c42)-c2ccccc2[C@H]3c2ccc3ccccc3c2)cc1. The summed E-state index contributed by atoms with van der Waals surface area (Å²) in [5.74, 6) is 0.0712. The van der Waals surface area contributed by atoms with Gasteiger partial charge in [0.05, 0.1) is 6.61 Å². The number of hydrogen-bond donors (Lipinski definition) is 0. The topological polar surface area (TPSA) is 9.23 Å². The quantitative estimate of drug-likeness (QED) is 0.294. The first-order valence-corrected chi connectivity index (χ1v) is 11.3. The standard InChI is InChI=1S/C31H22O/c1-2-12-25(13-3-1)31-29(23-18-17-21-9-4-5-10-22(21)19-23)27-15-7-6-14-26(27)28-16-8-11-24(20-32-31)30(28)31/h1-19,29H,20H2/t29-,31-/m1/s1. The lowest BCUT2D eigenvalue weighted by molar-refractivity contribution is -0.0184. The van der Waals surface area contributed by atoms with Gasteiger partial charge < -0.3 is 4.74 Å². The minimum atomic E-state index is -0.538. The minimum absolute atomic E-state index is 0.0712. The first kappa shape index (κ1) is 17.9. The van der Waals surface area contributed by atoms with Gasteiger partial charge in [0.15, 0.2) is 0 Å². The van der Waals surface area contributed by atoms with Gasteiger partial charge in [0.1, 0.15) is 5.60 Å². The number of benzene rings is 5. The summed E-state index contributed by atoms with van der Waals surface area (Å²) in [5, 5.41) is 2.53. The van der Waals surface area contributed by atoms with Gasteiger partial charge in [-0.15, -0.1) is 0 Å². The van der Waals surface area contributed by atoms with E-state index in [1.165, 1.54) is 49.7 Å². The number of fused-ring (bicyclic) bond motifs is 3. The summed E-state index contributed by atoms with van der Waals surface area (Å²) in [7, 11) is 0. The predicted octanol–water partition coefficient (Wildman–Crippen LogP) is 7.43. The molecule has 0 fully saturated rings. The van der Waals surface area contributed by atoms with Crippen LogP contribution < -0.4 is 0 Å². The van der Waals surface area contributed by atoms with Crippen LogP contribution in [0, 0.1) is 0 Å². The van der Waals surface area contributed by atoms with Crippen LogP contribution in [-0.4, -0.2) is 0 Å². The van der Waals surface area contributed by atoms with E-state index in [4.69, 9.17) is 4.74 Å². The average molecular weight is 411 g/mol. The van der Waals surface area contributed by atoms with Crippen molar-refractivity contribution in [1.82, 2.24) is 0 Å². The number of rotatable bonds is 2. The third kappa shape index (κ3) is 2.32. The molecule has 1 nitrogen and oxygen atoms in total. The molecule has 0 saturated carbocycles. The Morgan fingerprint density at radius 1 is 0.625 bits per heavy atom. The number of ether oxygens (including phenoxy) is 1. The fourth-order valence-electron chi connectivity index (χ4n) is 5.97. The molecule has 1 heteroatoms. The molecular weight excluding hydrogens is 388 g/mol. The molecule has 5 aromatic rings. The van der Waals surface area contributed by atoms with Gasteiger partial charge in [0.2, 0.25) is 0 Å². The lowest BCUT2D eigenvalue weighted by Gasteiger charge is -2.44. The molecule has 32 heavy (non-hydrogen) atoms. The first-order chi connectivity index (χ1) is 15.9. The summed E-state index contributed by atoms with van der Waals surface area (Å²) in [6.45, 7) is 0.635. The second-order valence-electron chi connectivity index (χ2n) is 8.86. The third-order valence-corrected chi connectivity index (χ3v) is 7.26. The summed E-state index contributed by atoms with van der Waals surface area (Å²) >= 11 is 0. The van der Waals surface area contributed by atoms with Crippen LogP contribution >= 0.6 is 0 Å². The molecule has 2 aliphatic rings. The zero-order chi connectivity index (χ0) is 21.1. The Hall–Kier alpha value is -3.68. The minimum Gasteiger partial charge on any atom is -0.360 e. The maximum Gasteiger partial charge on any atom is 0.130 e. The maximum absolute atomic E-state index is 6.91. The maximum atomic E-state index is 6.91. The highest BCUT2D eigenvalue weighted by Gasteiger charge is 2.53. The van der Waals surface area contributed by atoms with E-state index in [9.17, 15) is 0 Å². The van der Waals surface area contributed by atoms with Gasteiger partial charge in [-0.05, 0) is 44.2 Å². The second kappa shape index (κ2) is 6.66. The van der Waals surface area contributed by atoms with Gasteiger partial charge in [0, 0.05) is 11.5 Å². The Kier molecular flexibility index (Phi) is 3.73. The average Bonchev–Trinajstić information content (AvgIpc) is 3.26. The van der Waals surface area contributed by atoms with Crippen LogP contribution in [-0.2, 0) is 16.9 Å². The zero-order valence-corrected chi connectivity index (χ0v) is 17.7. The molecule has 2 atom stereocenters. The highest BCUT2D eigenvalue weighted by Crippen LogP contribution is 2.60. The van der Waals surface area contributed by atoms with Crippen molar-refractivity contribution in [1.29, 1.82) is 0 Å². The highest BCUT2D eigenvalue weighted by molar-refractivity contribution is 5.85. The fraction of sp³-hybridized carbons (Fsp3) is 0.0968. The Morgan fingerprint density at radius 2 is 1.38 bits per heavy atom. The largest absolute Gasteiger partial charge is 0.360 e. The summed E-state index contributed by atoms with van der Waals surface area (Å²) in [5.41, 5.74) is 8.56. The molecular formula is C31H22O. The highest BCUT2D eigenvalue weighted by atomic mass is 16.5. The van der Waals surface area contributed by atoms with E-state index in [-0.39, 0.29) is 5.92 Å². The van der Waals surface area contributed by atoms with E-state index in [0.717, 1.165) is 0 Å². The van der Waals surface area contributed by atoms with Gasteiger partial charge in [0.25, 0.3) is 0 Å². The molecule has 152 valence electrons. The van der Waals surface area contributed by atoms with E-state index in [0.29, 0.717) is 6.61 Å². The second-order valence-corrected chi connectivity index (χ2v) is 8.86. The van der Waals surface area contributed by atoms with Gasteiger partial charge in [-0.2, -0.15) is 0 Å². The fourth-order valence-corrected chi connectivity index (χ4v) is 5.97. The van der Waals surface area contributed by atoms with Crippen molar-refractivity contribution in [3.63, 3.8) is 0 Å². The van der Waals surface area contributed by atoms with Crippen molar-refractivity contribution in [3.05, 3.63) is 143 Å². The van der Waals surface area contributed by atoms with Crippen LogP contribution in [0.4, 0.5) is 0 Å². The summed E-state index contributed by atoms with van der Waals surface area (Å²) in [4.78, 5) is 0. The lowest BCUT2D eigenvalue weighted by atomic mass is 9.63. The van der Waals surface area contributed by atoms with Crippen molar-refractivity contribution in [2.45, 2.75) is 18.1 Å². The van der Waals surface area contributed by atoms with Gasteiger partial charge in [-0.1, -0.05) is 115 Å². The molecule has 1 aliphatic carbocycles. The predicted molar refractivity (Wildman–Crippen MR) is 130 cm³/mol. The normalized spacial score (nSPS) is 20.7. The Bertz CT molecular complexity index is 1480. The molecule has 7 rings (SSSR count). The molecule has 0 unspecified atom stereocenters. The van der Waals surface area contributed by atoms with Gasteiger partial charge >= 0.3 is 0 Å². The molecule has 0 bridgehead atoms. The molecule has 0 radical (unpaired) electrons. The Balaban J connectivity index is 1.61. The van der Waals surface area contributed by atoms with Crippen LogP contribution in [0.5, 0.6) is 0 Å². The van der Waals surface area contributed by atoms with Crippen LogP contribution in [0.25, 0.3) is 21.9 Å². The van der Waals surface area contributed by atoms with Crippen LogP contribution in [0.2, 0.25) is 0 Å². The van der Waals surface area contributed by atoms with Crippen molar-refractivity contribution in [2.75, 3.05) is 0 Å². The van der Waals surface area contributed by atoms with Crippen LogP contribution in [0.3, 0.4) is 0 Å². The van der Waals surface area contributed by atoms with Crippen molar-refractivity contribution < 1.29 is 4.74 Å². The Labute approximate surface area is 187 Å². The summed E-state index contributed by atoms with van der Waals surface area (Å²) in [6, 6.07) is 41.9. The summed E-state index contributed by atoms with van der Waals surface area (Å²) in [6.07, 6.45) is 0. The van der Waals surface area contributed by atoms with Crippen molar-refractivity contribution in [3.8, 4) is 11.1 Å². The molecule has 1 aliphatic heterocycles.